The normalized spacial score (nSPS) is 28.8. The molecule has 4 atom stereocenters. The molecule has 0 amide bonds. The zero-order valence-corrected chi connectivity index (χ0v) is 12.0. The molecule has 0 aromatic heterocycles. The van der Waals surface area contributed by atoms with Crippen LogP contribution >= 0.6 is 0 Å². The molecule has 1 aromatic carbocycles. The van der Waals surface area contributed by atoms with Crippen molar-refractivity contribution >= 4 is 0 Å². The summed E-state index contributed by atoms with van der Waals surface area (Å²) < 4.78 is 5.19. The molecule has 2 aliphatic rings. The second kappa shape index (κ2) is 5.98. The lowest BCUT2D eigenvalue weighted by Gasteiger charge is -2.20. The van der Waals surface area contributed by atoms with Crippen molar-refractivity contribution in [3.8, 4) is 5.75 Å². The molecule has 3 heteroatoms. The van der Waals surface area contributed by atoms with Gasteiger partial charge in [-0.1, -0.05) is 24.3 Å². The molecule has 0 radical (unpaired) electrons. The standard InChI is InChI=1S/C17H23NO2/c1-20-16-4-2-3-14(9-16)17(19)11-18-10-15-8-12-5-6-13(15)7-12/h2-6,9,12-13,15,17-19H,7-8,10-11H2,1H3/t12-,13-,15-,17-/m0/s1. The van der Waals surface area contributed by atoms with E-state index in [1.165, 1.54) is 12.8 Å². The molecular formula is C17H23NO2. The van der Waals surface area contributed by atoms with E-state index in [1.54, 1.807) is 7.11 Å². The van der Waals surface area contributed by atoms with Crippen LogP contribution in [0.3, 0.4) is 0 Å². The lowest BCUT2D eigenvalue weighted by molar-refractivity contribution is 0.171. The Kier molecular flexibility index (Phi) is 4.08. The van der Waals surface area contributed by atoms with Crippen LogP contribution in [-0.4, -0.2) is 25.3 Å². The zero-order valence-electron chi connectivity index (χ0n) is 12.0. The molecule has 2 aliphatic carbocycles. The zero-order chi connectivity index (χ0) is 13.9. The van der Waals surface area contributed by atoms with Gasteiger partial charge in [0.1, 0.15) is 5.75 Å². The van der Waals surface area contributed by atoms with Crippen LogP contribution in [0.25, 0.3) is 0 Å². The van der Waals surface area contributed by atoms with Crippen LogP contribution in [0.4, 0.5) is 0 Å². The van der Waals surface area contributed by atoms with E-state index in [1.807, 2.05) is 24.3 Å². The van der Waals surface area contributed by atoms with E-state index >= 15 is 0 Å². The first-order valence-electron chi connectivity index (χ1n) is 7.47. The summed E-state index contributed by atoms with van der Waals surface area (Å²) in [6, 6.07) is 7.64. The van der Waals surface area contributed by atoms with Crippen molar-refractivity contribution in [3.05, 3.63) is 42.0 Å². The third-order valence-electron chi connectivity index (χ3n) is 4.64. The summed E-state index contributed by atoms with van der Waals surface area (Å²) in [5.74, 6) is 3.12. The molecule has 0 spiro atoms. The van der Waals surface area contributed by atoms with Crippen molar-refractivity contribution in [1.82, 2.24) is 5.32 Å². The Morgan fingerprint density at radius 3 is 2.95 bits per heavy atom. The molecule has 0 unspecified atom stereocenters. The minimum atomic E-state index is -0.473. The van der Waals surface area contributed by atoms with Gasteiger partial charge >= 0.3 is 0 Å². The van der Waals surface area contributed by atoms with E-state index < -0.39 is 6.10 Å². The molecule has 1 fully saturated rings. The summed E-state index contributed by atoms with van der Waals surface area (Å²) in [7, 11) is 1.65. The number of fused-ring (bicyclic) bond motifs is 2. The van der Waals surface area contributed by atoms with Gasteiger partial charge in [-0.15, -0.1) is 0 Å². The molecule has 2 bridgehead atoms. The Morgan fingerprint density at radius 2 is 2.25 bits per heavy atom. The average molecular weight is 273 g/mol. The van der Waals surface area contributed by atoms with Gasteiger partial charge in [-0.05, 0) is 54.8 Å². The molecule has 1 aromatic rings. The monoisotopic (exact) mass is 273 g/mol. The third-order valence-corrected chi connectivity index (χ3v) is 4.64. The quantitative estimate of drug-likeness (QED) is 0.783. The molecule has 0 aliphatic heterocycles. The van der Waals surface area contributed by atoms with Gasteiger partial charge in [0.05, 0.1) is 13.2 Å². The number of ether oxygens (including phenoxy) is 1. The van der Waals surface area contributed by atoms with E-state index in [4.69, 9.17) is 4.74 Å². The van der Waals surface area contributed by atoms with Gasteiger partial charge in [-0.2, -0.15) is 0 Å². The predicted octanol–water partition coefficient (Wildman–Crippen LogP) is 2.53. The number of rotatable bonds is 6. The second-order valence-corrected chi connectivity index (χ2v) is 5.99. The molecule has 20 heavy (non-hydrogen) atoms. The van der Waals surface area contributed by atoms with Gasteiger partial charge in [0, 0.05) is 6.54 Å². The molecule has 108 valence electrons. The number of hydrogen-bond donors (Lipinski definition) is 2. The Hall–Kier alpha value is -1.32. The maximum atomic E-state index is 10.2. The third kappa shape index (κ3) is 2.89. The van der Waals surface area contributed by atoms with Crippen molar-refractivity contribution in [2.24, 2.45) is 17.8 Å². The largest absolute Gasteiger partial charge is 0.497 e. The fourth-order valence-electron chi connectivity index (χ4n) is 3.50. The smallest absolute Gasteiger partial charge is 0.119 e. The Bertz CT molecular complexity index is 486. The highest BCUT2D eigenvalue weighted by Crippen LogP contribution is 2.42. The van der Waals surface area contributed by atoms with E-state index in [9.17, 15) is 5.11 Å². The van der Waals surface area contributed by atoms with Gasteiger partial charge in [0.25, 0.3) is 0 Å². The molecule has 3 nitrogen and oxygen atoms in total. The van der Waals surface area contributed by atoms with Gasteiger partial charge < -0.3 is 15.2 Å². The van der Waals surface area contributed by atoms with Crippen LogP contribution in [0.1, 0.15) is 24.5 Å². The molecule has 2 N–H and O–H groups in total. The lowest BCUT2D eigenvalue weighted by Crippen LogP contribution is -2.29. The fourth-order valence-corrected chi connectivity index (χ4v) is 3.50. The minimum absolute atomic E-state index is 0.473. The van der Waals surface area contributed by atoms with Crippen molar-refractivity contribution in [1.29, 1.82) is 0 Å². The molecule has 3 rings (SSSR count). The van der Waals surface area contributed by atoms with E-state index in [0.717, 1.165) is 35.6 Å². The summed E-state index contributed by atoms with van der Waals surface area (Å²) in [4.78, 5) is 0. The van der Waals surface area contributed by atoms with Crippen LogP contribution in [0.2, 0.25) is 0 Å². The van der Waals surface area contributed by atoms with Crippen molar-refractivity contribution in [2.45, 2.75) is 18.9 Å². The fraction of sp³-hybridized carbons (Fsp3) is 0.529. The summed E-state index contributed by atoms with van der Waals surface area (Å²) in [5.41, 5.74) is 0.907. The van der Waals surface area contributed by atoms with E-state index in [-0.39, 0.29) is 0 Å². The number of nitrogens with one attached hydrogen (secondary N) is 1. The highest BCUT2D eigenvalue weighted by molar-refractivity contribution is 5.29. The molecular weight excluding hydrogens is 250 g/mol. The first-order chi connectivity index (χ1) is 9.76. The first-order valence-corrected chi connectivity index (χ1v) is 7.47. The number of aliphatic hydroxyl groups is 1. The number of allylic oxidation sites excluding steroid dienone is 2. The summed E-state index contributed by atoms with van der Waals surface area (Å²) in [5, 5.41) is 13.6. The lowest BCUT2D eigenvalue weighted by atomic mass is 9.93. The number of hydrogen-bond acceptors (Lipinski definition) is 3. The van der Waals surface area contributed by atoms with Crippen molar-refractivity contribution in [2.75, 3.05) is 20.2 Å². The van der Waals surface area contributed by atoms with Crippen molar-refractivity contribution in [3.63, 3.8) is 0 Å². The highest BCUT2D eigenvalue weighted by atomic mass is 16.5. The maximum Gasteiger partial charge on any atom is 0.119 e. The van der Waals surface area contributed by atoms with E-state index in [2.05, 4.69) is 17.5 Å². The van der Waals surface area contributed by atoms with Gasteiger partial charge in [0.2, 0.25) is 0 Å². The Labute approximate surface area is 120 Å². The predicted molar refractivity (Wildman–Crippen MR) is 79.7 cm³/mol. The second-order valence-electron chi connectivity index (χ2n) is 5.99. The SMILES string of the molecule is COc1cccc([C@@H](O)CNC[C@@H]2C[C@H]3C=C[C@H]2C3)c1. The van der Waals surface area contributed by atoms with Gasteiger partial charge in [-0.3, -0.25) is 0 Å². The molecule has 0 heterocycles. The van der Waals surface area contributed by atoms with Gasteiger partial charge in [-0.25, -0.2) is 0 Å². The molecule has 0 saturated heterocycles. The number of benzene rings is 1. The van der Waals surface area contributed by atoms with Gasteiger partial charge in [0.15, 0.2) is 0 Å². The highest BCUT2D eigenvalue weighted by Gasteiger charge is 2.35. The number of aliphatic hydroxyl groups excluding tert-OH is 1. The van der Waals surface area contributed by atoms with E-state index in [0.29, 0.717) is 6.54 Å². The Balaban J connectivity index is 1.47. The Morgan fingerprint density at radius 1 is 1.35 bits per heavy atom. The first kappa shape index (κ1) is 13.7. The topological polar surface area (TPSA) is 41.5 Å². The summed E-state index contributed by atoms with van der Waals surface area (Å²) in [6.07, 6.45) is 6.92. The summed E-state index contributed by atoms with van der Waals surface area (Å²) in [6.45, 7) is 1.61. The van der Waals surface area contributed by atoms with Crippen molar-refractivity contribution < 1.29 is 9.84 Å². The van der Waals surface area contributed by atoms with Crippen LogP contribution < -0.4 is 10.1 Å². The van der Waals surface area contributed by atoms with Crippen LogP contribution in [-0.2, 0) is 0 Å². The maximum absolute atomic E-state index is 10.2. The average Bonchev–Trinajstić information content (AvgIpc) is 3.10. The summed E-state index contributed by atoms with van der Waals surface area (Å²) >= 11 is 0. The van der Waals surface area contributed by atoms with Crippen LogP contribution in [0.5, 0.6) is 5.75 Å². The minimum Gasteiger partial charge on any atom is -0.497 e. The molecule has 1 saturated carbocycles. The van der Waals surface area contributed by atoms with Crippen LogP contribution in [0.15, 0.2) is 36.4 Å². The van der Waals surface area contributed by atoms with Crippen LogP contribution in [0, 0.1) is 17.8 Å². The number of methoxy groups -OCH3 is 1.